The van der Waals surface area contributed by atoms with Crippen molar-refractivity contribution >= 4 is 5.91 Å². The van der Waals surface area contributed by atoms with Gasteiger partial charge in [-0.1, -0.05) is 25.7 Å². The van der Waals surface area contributed by atoms with Gasteiger partial charge in [-0.15, -0.1) is 0 Å². The lowest BCUT2D eigenvalue weighted by molar-refractivity contribution is -0.136. The highest BCUT2D eigenvalue weighted by Gasteiger charge is 2.24. The minimum atomic E-state index is -0.316. The van der Waals surface area contributed by atoms with Gasteiger partial charge in [0.25, 0.3) is 0 Å². The first kappa shape index (κ1) is 15.8. The highest BCUT2D eigenvalue weighted by atomic mass is 16.5. The number of hydrogen-bond donors (Lipinski definition) is 2. The second kappa shape index (κ2) is 7.99. The summed E-state index contributed by atoms with van der Waals surface area (Å²) in [5.41, 5.74) is 0. The van der Waals surface area contributed by atoms with E-state index in [1.165, 1.54) is 25.7 Å². The predicted molar refractivity (Wildman–Crippen MR) is 80.7 cm³/mol. The van der Waals surface area contributed by atoms with E-state index in [0.29, 0.717) is 12.1 Å². The maximum atomic E-state index is 12.2. The van der Waals surface area contributed by atoms with Crippen LogP contribution in [0.15, 0.2) is 0 Å². The molecule has 0 bridgehead atoms. The molecule has 0 aromatic heterocycles. The summed E-state index contributed by atoms with van der Waals surface area (Å²) >= 11 is 0. The van der Waals surface area contributed by atoms with Crippen molar-refractivity contribution in [2.75, 3.05) is 6.54 Å². The van der Waals surface area contributed by atoms with E-state index in [0.717, 1.165) is 32.2 Å². The number of hydrogen-bond acceptors (Lipinski definition) is 3. The molecule has 4 nitrogen and oxygen atoms in total. The van der Waals surface area contributed by atoms with Gasteiger partial charge < -0.3 is 15.4 Å². The Balaban J connectivity index is 1.73. The first-order chi connectivity index (χ1) is 9.65. The molecule has 0 radical (unpaired) electrons. The molecule has 2 fully saturated rings. The van der Waals surface area contributed by atoms with Crippen LogP contribution in [0.25, 0.3) is 0 Å². The third-order valence-corrected chi connectivity index (χ3v) is 4.54. The lowest BCUT2D eigenvalue weighted by Gasteiger charge is -2.30. The van der Waals surface area contributed by atoms with Crippen LogP contribution in [0, 0.1) is 0 Å². The van der Waals surface area contributed by atoms with E-state index in [1.807, 2.05) is 6.92 Å². The van der Waals surface area contributed by atoms with Gasteiger partial charge >= 0.3 is 0 Å². The van der Waals surface area contributed by atoms with Gasteiger partial charge in [0.15, 0.2) is 0 Å². The molecule has 1 amide bonds. The molecule has 1 aliphatic heterocycles. The van der Waals surface area contributed by atoms with Crippen molar-refractivity contribution in [1.82, 2.24) is 10.6 Å². The number of carbonyl (C=O) groups is 1. The molecule has 20 heavy (non-hydrogen) atoms. The zero-order valence-corrected chi connectivity index (χ0v) is 13.0. The number of carbonyl (C=O) groups excluding carboxylic acids is 1. The van der Waals surface area contributed by atoms with Crippen molar-refractivity contribution in [2.24, 2.45) is 0 Å². The average molecular weight is 282 g/mol. The van der Waals surface area contributed by atoms with E-state index in [2.05, 4.69) is 17.6 Å². The van der Waals surface area contributed by atoms with Crippen LogP contribution >= 0.6 is 0 Å². The molecule has 0 aromatic carbocycles. The number of piperidine rings is 1. The van der Waals surface area contributed by atoms with E-state index >= 15 is 0 Å². The number of ether oxygens (including phenoxy) is 1. The molecular weight excluding hydrogens is 252 g/mol. The van der Waals surface area contributed by atoms with Gasteiger partial charge in [0.05, 0.1) is 6.10 Å². The summed E-state index contributed by atoms with van der Waals surface area (Å²) in [4.78, 5) is 12.2. The quantitative estimate of drug-likeness (QED) is 0.778. The SMILES string of the molecule is CC1CC(NC(=O)C(C)OC2CCCCCC2)CCN1. The second-order valence-corrected chi connectivity index (χ2v) is 6.48. The summed E-state index contributed by atoms with van der Waals surface area (Å²) < 4.78 is 5.97. The lowest BCUT2D eigenvalue weighted by atomic mass is 10.0. The number of amides is 1. The molecular formula is C16H30N2O2. The lowest BCUT2D eigenvalue weighted by Crippen LogP contribution is -2.49. The first-order valence-corrected chi connectivity index (χ1v) is 8.34. The fourth-order valence-corrected chi connectivity index (χ4v) is 3.31. The zero-order valence-electron chi connectivity index (χ0n) is 13.0. The van der Waals surface area contributed by atoms with Gasteiger partial charge in [0.2, 0.25) is 5.91 Å². The Morgan fingerprint density at radius 3 is 2.55 bits per heavy atom. The largest absolute Gasteiger partial charge is 0.365 e. The molecule has 116 valence electrons. The van der Waals surface area contributed by atoms with Crippen molar-refractivity contribution in [1.29, 1.82) is 0 Å². The smallest absolute Gasteiger partial charge is 0.249 e. The molecule has 1 heterocycles. The van der Waals surface area contributed by atoms with Crippen molar-refractivity contribution < 1.29 is 9.53 Å². The van der Waals surface area contributed by atoms with Crippen LogP contribution in [0.4, 0.5) is 0 Å². The monoisotopic (exact) mass is 282 g/mol. The third kappa shape index (κ3) is 5.06. The molecule has 1 saturated carbocycles. The van der Waals surface area contributed by atoms with Crippen molar-refractivity contribution in [2.45, 2.75) is 89.5 Å². The molecule has 4 heteroatoms. The summed E-state index contributed by atoms with van der Waals surface area (Å²) in [5.74, 6) is 0.0633. The normalized spacial score (nSPS) is 30.5. The minimum Gasteiger partial charge on any atom is -0.365 e. The van der Waals surface area contributed by atoms with Crippen LogP contribution in [-0.4, -0.2) is 36.7 Å². The van der Waals surface area contributed by atoms with Gasteiger partial charge in [-0.3, -0.25) is 4.79 Å². The summed E-state index contributed by atoms with van der Waals surface area (Å²) in [6.07, 6.45) is 9.34. The van der Waals surface area contributed by atoms with E-state index in [-0.39, 0.29) is 18.1 Å². The van der Waals surface area contributed by atoms with E-state index < -0.39 is 0 Å². The average Bonchev–Trinajstić information content (AvgIpc) is 2.67. The van der Waals surface area contributed by atoms with E-state index in [1.54, 1.807) is 0 Å². The van der Waals surface area contributed by atoms with Crippen LogP contribution in [0.5, 0.6) is 0 Å². The molecule has 2 rings (SSSR count). The van der Waals surface area contributed by atoms with Crippen molar-refractivity contribution in [3.05, 3.63) is 0 Å². The Kier molecular flexibility index (Phi) is 6.30. The van der Waals surface area contributed by atoms with Crippen LogP contribution < -0.4 is 10.6 Å². The Morgan fingerprint density at radius 1 is 1.20 bits per heavy atom. The van der Waals surface area contributed by atoms with Crippen molar-refractivity contribution in [3.63, 3.8) is 0 Å². The molecule has 1 aliphatic carbocycles. The van der Waals surface area contributed by atoms with Gasteiger partial charge in [-0.2, -0.15) is 0 Å². The van der Waals surface area contributed by atoms with Crippen LogP contribution in [0.3, 0.4) is 0 Å². The molecule has 0 aromatic rings. The van der Waals surface area contributed by atoms with Gasteiger partial charge in [0, 0.05) is 12.1 Å². The summed E-state index contributed by atoms with van der Waals surface area (Å²) in [7, 11) is 0. The fraction of sp³-hybridized carbons (Fsp3) is 0.938. The molecule has 3 unspecified atom stereocenters. The topological polar surface area (TPSA) is 50.4 Å². The van der Waals surface area contributed by atoms with Gasteiger partial charge in [0.1, 0.15) is 6.10 Å². The van der Waals surface area contributed by atoms with E-state index in [4.69, 9.17) is 4.74 Å². The van der Waals surface area contributed by atoms with E-state index in [9.17, 15) is 4.79 Å². The molecule has 3 atom stereocenters. The molecule has 2 aliphatic rings. The number of rotatable bonds is 4. The van der Waals surface area contributed by atoms with Gasteiger partial charge in [-0.25, -0.2) is 0 Å². The Labute approximate surface area is 123 Å². The summed E-state index contributed by atoms with van der Waals surface area (Å²) in [6, 6.07) is 0.797. The van der Waals surface area contributed by atoms with Crippen molar-refractivity contribution in [3.8, 4) is 0 Å². The van der Waals surface area contributed by atoms with Gasteiger partial charge in [-0.05, 0) is 46.1 Å². The van der Waals surface area contributed by atoms with Crippen LogP contribution in [0.1, 0.15) is 65.2 Å². The summed E-state index contributed by atoms with van der Waals surface area (Å²) in [5, 5.41) is 6.55. The zero-order chi connectivity index (χ0) is 14.4. The first-order valence-electron chi connectivity index (χ1n) is 8.34. The maximum Gasteiger partial charge on any atom is 0.249 e. The predicted octanol–water partition coefficient (Wildman–Crippen LogP) is 2.37. The Hall–Kier alpha value is -0.610. The fourth-order valence-electron chi connectivity index (χ4n) is 3.31. The molecule has 2 N–H and O–H groups in total. The molecule has 0 spiro atoms. The second-order valence-electron chi connectivity index (χ2n) is 6.48. The van der Waals surface area contributed by atoms with Crippen LogP contribution in [-0.2, 0) is 9.53 Å². The highest BCUT2D eigenvalue weighted by molar-refractivity contribution is 5.80. The third-order valence-electron chi connectivity index (χ3n) is 4.54. The Morgan fingerprint density at radius 2 is 1.90 bits per heavy atom. The maximum absolute atomic E-state index is 12.2. The minimum absolute atomic E-state index is 0.0633. The van der Waals surface area contributed by atoms with Crippen LogP contribution in [0.2, 0.25) is 0 Å². The standard InChI is InChI=1S/C16H30N2O2/c1-12-11-14(9-10-17-12)18-16(19)13(2)20-15-7-5-3-4-6-8-15/h12-15,17H,3-11H2,1-2H3,(H,18,19). The highest BCUT2D eigenvalue weighted by Crippen LogP contribution is 2.21. The Bertz CT molecular complexity index is 301. The summed E-state index contributed by atoms with van der Waals surface area (Å²) in [6.45, 7) is 5.05. The molecule has 1 saturated heterocycles. The number of nitrogens with one attached hydrogen (secondary N) is 2.